The molecule has 1 saturated heterocycles. The fraction of sp³-hybridized carbons (Fsp3) is 0.900. The lowest BCUT2D eigenvalue weighted by molar-refractivity contribution is -0.143. The number of hydrogen-bond acceptors (Lipinski definition) is 3. The van der Waals surface area contributed by atoms with E-state index in [1.807, 2.05) is 4.57 Å². The van der Waals surface area contributed by atoms with E-state index in [9.17, 15) is 9.90 Å². The summed E-state index contributed by atoms with van der Waals surface area (Å²) in [6.45, 7) is 10.7. The molecule has 0 saturated carbocycles. The van der Waals surface area contributed by atoms with Crippen molar-refractivity contribution in [3.63, 3.8) is 0 Å². The number of β-lactam (4-membered cyclic amide) rings is 1. The molecule has 1 fully saturated rings. The molecule has 0 spiro atoms. The number of amides is 1. The minimum Gasteiger partial charge on any atom is -0.394 e. The van der Waals surface area contributed by atoms with Gasteiger partial charge in [-0.15, -0.1) is 0 Å². The third-order valence-electron chi connectivity index (χ3n) is 3.89. The molecule has 0 aromatic rings. The molecule has 5 heteroatoms. The molecule has 15 heavy (non-hydrogen) atoms. The normalized spacial score (nSPS) is 27.9. The Bertz CT molecular complexity index is 273. The maximum Gasteiger partial charge on any atom is 0.234 e. The Balaban J connectivity index is 2.94. The first kappa shape index (κ1) is 12.7. The predicted octanol–water partition coefficient (Wildman–Crippen LogP) is 0.522. The van der Waals surface area contributed by atoms with Crippen LogP contribution in [0.1, 0.15) is 20.8 Å². The second-order valence-corrected chi connectivity index (χ2v) is 10.9. The molecule has 4 nitrogen and oxygen atoms in total. The first-order valence-electron chi connectivity index (χ1n) is 5.34. The molecule has 1 aliphatic heterocycles. The summed E-state index contributed by atoms with van der Waals surface area (Å²) in [5, 5.41) is 9.32. The van der Waals surface area contributed by atoms with Gasteiger partial charge in [0.2, 0.25) is 5.91 Å². The predicted molar refractivity (Wildman–Crippen MR) is 62.9 cm³/mol. The first-order chi connectivity index (χ1) is 6.64. The van der Waals surface area contributed by atoms with Crippen LogP contribution in [0.5, 0.6) is 0 Å². The molecule has 0 aromatic heterocycles. The highest BCUT2D eigenvalue weighted by atomic mass is 28.3. The summed E-state index contributed by atoms with van der Waals surface area (Å²) in [5.74, 6) is 0.000594. The molecule has 1 heterocycles. The molecule has 3 N–H and O–H groups in total. The lowest BCUT2D eigenvalue weighted by Gasteiger charge is -2.57. The van der Waals surface area contributed by atoms with E-state index in [-0.39, 0.29) is 23.6 Å². The molecule has 0 aromatic carbocycles. The van der Waals surface area contributed by atoms with Crippen molar-refractivity contribution < 1.29 is 9.90 Å². The van der Waals surface area contributed by atoms with Crippen LogP contribution >= 0.6 is 0 Å². The zero-order valence-electron chi connectivity index (χ0n) is 10.2. The van der Waals surface area contributed by atoms with E-state index in [4.69, 9.17) is 5.73 Å². The molecular formula is C10H22N2O2Si. The fourth-order valence-corrected chi connectivity index (χ4v) is 4.31. The molecule has 0 unspecified atom stereocenters. The van der Waals surface area contributed by atoms with Gasteiger partial charge >= 0.3 is 0 Å². The summed E-state index contributed by atoms with van der Waals surface area (Å²) in [6, 6.07) is -0.664. The van der Waals surface area contributed by atoms with Gasteiger partial charge in [-0.2, -0.15) is 0 Å². The van der Waals surface area contributed by atoms with Crippen molar-refractivity contribution in [3.8, 4) is 0 Å². The summed E-state index contributed by atoms with van der Waals surface area (Å²) in [6.07, 6.45) is 0. The number of rotatable bonds is 2. The number of aliphatic hydroxyl groups is 1. The average Bonchev–Trinajstić information content (AvgIpc) is 2.09. The van der Waals surface area contributed by atoms with Gasteiger partial charge in [0.1, 0.15) is 6.04 Å². The Morgan fingerprint density at radius 2 is 1.93 bits per heavy atom. The Morgan fingerprint density at radius 3 is 2.27 bits per heavy atom. The number of carbonyl (C=O) groups excluding carboxylic acids is 1. The summed E-state index contributed by atoms with van der Waals surface area (Å²) in [5.41, 5.74) is 5.68. The molecule has 88 valence electrons. The van der Waals surface area contributed by atoms with Crippen LogP contribution in [0.25, 0.3) is 0 Å². The van der Waals surface area contributed by atoms with Crippen LogP contribution < -0.4 is 5.73 Å². The summed E-state index contributed by atoms with van der Waals surface area (Å²) >= 11 is 0. The molecule has 0 aliphatic carbocycles. The zero-order valence-corrected chi connectivity index (χ0v) is 11.2. The summed E-state index contributed by atoms with van der Waals surface area (Å²) < 4.78 is 1.86. The van der Waals surface area contributed by atoms with Crippen molar-refractivity contribution in [2.75, 3.05) is 6.61 Å². The first-order valence-corrected chi connectivity index (χ1v) is 8.29. The van der Waals surface area contributed by atoms with Gasteiger partial charge in [-0.1, -0.05) is 33.9 Å². The summed E-state index contributed by atoms with van der Waals surface area (Å²) in [7, 11) is -1.87. The molecule has 0 radical (unpaired) electrons. The smallest absolute Gasteiger partial charge is 0.234 e. The number of nitrogens with two attached hydrogens (primary N) is 1. The van der Waals surface area contributed by atoms with Gasteiger partial charge < -0.3 is 15.4 Å². The molecule has 2 atom stereocenters. The topological polar surface area (TPSA) is 66.6 Å². The van der Waals surface area contributed by atoms with Crippen molar-refractivity contribution in [1.29, 1.82) is 0 Å². The molecule has 1 rings (SSSR count). The van der Waals surface area contributed by atoms with Crippen molar-refractivity contribution >= 4 is 14.1 Å². The number of aliphatic hydroxyl groups excluding tert-OH is 1. The van der Waals surface area contributed by atoms with Crippen molar-refractivity contribution in [3.05, 3.63) is 0 Å². The largest absolute Gasteiger partial charge is 0.394 e. The second kappa shape index (κ2) is 3.57. The highest BCUT2D eigenvalue weighted by Crippen LogP contribution is 2.42. The van der Waals surface area contributed by atoms with Gasteiger partial charge in [-0.3, -0.25) is 4.79 Å². The molecule has 1 aliphatic rings. The zero-order chi connectivity index (χ0) is 12.0. The van der Waals surface area contributed by atoms with Gasteiger partial charge in [0.15, 0.2) is 8.24 Å². The van der Waals surface area contributed by atoms with Crippen LogP contribution in [0.3, 0.4) is 0 Å². The van der Waals surface area contributed by atoms with Crippen molar-refractivity contribution in [1.82, 2.24) is 4.57 Å². The molecule has 0 bridgehead atoms. The van der Waals surface area contributed by atoms with Crippen LogP contribution in [-0.2, 0) is 4.79 Å². The van der Waals surface area contributed by atoms with E-state index < -0.39 is 14.3 Å². The lowest BCUT2D eigenvalue weighted by atomic mass is 10.0. The monoisotopic (exact) mass is 230 g/mol. The highest BCUT2D eigenvalue weighted by Gasteiger charge is 2.55. The second-order valence-electron chi connectivity index (χ2n) is 5.79. The maximum absolute atomic E-state index is 11.7. The standard InChI is InChI=1S/C10H22N2O2Si/c1-10(2,3)15(4,5)12-7(6-13)8(11)9(12)14/h7-8,13H,6,11H2,1-5H3/t7-,8+/m1/s1. The van der Waals surface area contributed by atoms with E-state index >= 15 is 0 Å². The van der Waals surface area contributed by atoms with Gasteiger partial charge in [0, 0.05) is 0 Å². The fourth-order valence-electron chi connectivity index (χ4n) is 1.81. The van der Waals surface area contributed by atoms with Crippen LogP contribution in [0, 0.1) is 0 Å². The van der Waals surface area contributed by atoms with Crippen LogP contribution in [-0.4, -0.2) is 42.5 Å². The average molecular weight is 230 g/mol. The van der Waals surface area contributed by atoms with E-state index in [0.717, 1.165) is 0 Å². The van der Waals surface area contributed by atoms with Gasteiger partial charge in [0.25, 0.3) is 0 Å². The Kier molecular flexibility index (Phi) is 3.02. The van der Waals surface area contributed by atoms with Gasteiger partial charge in [0.05, 0.1) is 12.6 Å². The molecular weight excluding hydrogens is 208 g/mol. The summed E-state index contributed by atoms with van der Waals surface area (Å²) in [4.78, 5) is 11.7. The van der Waals surface area contributed by atoms with Crippen LogP contribution in [0.15, 0.2) is 0 Å². The van der Waals surface area contributed by atoms with E-state index in [1.54, 1.807) is 0 Å². The van der Waals surface area contributed by atoms with Crippen molar-refractivity contribution in [2.24, 2.45) is 5.73 Å². The SMILES string of the molecule is CC(C)(C)[Si](C)(C)N1C(=O)[C@@H](N)[C@H]1CO. The third kappa shape index (κ3) is 1.72. The lowest BCUT2D eigenvalue weighted by Crippen LogP contribution is -2.78. The van der Waals surface area contributed by atoms with E-state index in [0.29, 0.717) is 0 Å². The van der Waals surface area contributed by atoms with E-state index in [2.05, 4.69) is 33.9 Å². The minimum atomic E-state index is -1.87. The van der Waals surface area contributed by atoms with E-state index in [1.165, 1.54) is 0 Å². The Hall–Kier alpha value is -0.393. The Labute approximate surface area is 92.5 Å². The number of nitrogens with zero attached hydrogens (tertiary/aromatic N) is 1. The van der Waals surface area contributed by atoms with Crippen molar-refractivity contribution in [2.45, 2.75) is 51.0 Å². The third-order valence-corrected chi connectivity index (χ3v) is 9.32. The number of hydrogen-bond donors (Lipinski definition) is 2. The van der Waals surface area contributed by atoms with Gasteiger partial charge in [-0.25, -0.2) is 0 Å². The minimum absolute atomic E-state index is 0.000594. The number of carbonyl (C=O) groups is 1. The van der Waals surface area contributed by atoms with Crippen LogP contribution in [0.4, 0.5) is 0 Å². The van der Waals surface area contributed by atoms with Gasteiger partial charge in [-0.05, 0) is 5.04 Å². The molecule has 1 amide bonds. The quantitative estimate of drug-likeness (QED) is 0.537. The Morgan fingerprint density at radius 1 is 1.47 bits per heavy atom. The maximum atomic E-state index is 11.7. The highest BCUT2D eigenvalue weighted by molar-refractivity contribution is 6.80. The van der Waals surface area contributed by atoms with Crippen LogP contribution in [0.2, 0.25) is 18.1 Å².